The molecule has 1 aliphatic heterocycles. The Morgan fingerprint density at radius 3 is 1.39 bits per heavy atom. The summed E-state index contributed by atoms with van der Waals surface area (Å²) >= 11 is 0. The van der Waals surface area contributed by atoms with Gasteiger partial charge >= 0.3 is 5.97 Å². The molecule has 1 saturated heterocycles. The molecule has 1 heterocycles. The zero-order chi connectivity index (χ0) is 36.9. The highest BCUT2D eigenvalue weighted by molar-refractivity contribution is 7.00. The van der Waals surface area contributed by atoms with Gasteiger partial charge in [0.2, 0.25) is 0 Å². The van der Waals surface area contributed by atoms with Crippen LogP contribution in [0.3, 0.4) is 0 Å². The Hall–Kier alpha value is -3.34. The fourth-order valence-corrected chi connectivity index (χ4v) is 17.0. The van der Waals surface area contributed by atoms with Gasteiger partial charge in [0.05, 0.1) is 18.6 Å². The van der Waals surface area contributed by atoms with Crippen LogP contribution in [0.25, 0.3) is 0 Å². The van der Waals surface area contributed by atoms with Gasteiger partial charge in [-0.15, -0.1) is 0 Å². The summed E-state index contributed by atoms with van der Waals surface area (Å²) in [5.41, 5.74) is -0.596. The molecular weight excluding hydrogens is 665 g/mol. The summed E-state index contributed by atoms with van der Waals surface area (Å²) in [7, 11) is -5.59. The Morgan fingerprint density at radius 2 is 1.02 bits per heavy atom. The first-order valence-electron chi connectivity index (χ1n) is 18.5. The molecule has 51 heavy (non-hydrogen) atoms. The molecule has 0 amide bonds. The van der Waals surface area contributed by atoms with Crippen molar-refractivity contribution in [3.05, 3.63) is 121 Å². The van der Waals surface area contributed by atoms with Crippen LogP contribution in [0.5, 0.6) is 0 Å². The number of hydrogen-bond acceptors (Lipinski definition) is 5. The van der Waals surface area contributed by atoms with Crippen molar-refractivity contribution < 1.29 is 23.1 Å². The summed E-state index contributed by atoms with van der Waals surface area (Å²) < 4.78 is 27.0. The van der Waals surface area contributed by atoms with E-state index in [0.717, 1.165) is 12.8 Å². The van der Waals surface area contributed by atoms with Crippen LogP contribution in [0.4, 0.5) is 0 Å². The lowest BCUT2D eigenvalue weighted by molar-refractivity contribution is -0.157. The second-order valence-electron chi connectivity index (χ2n) is 16.9. The summed E-state index contributed by atoms with van der Waals surface area (Å²) in [4.78, 5) is 13.5. The average Bonchev–Trinajstić information content (AvgIpc) is 3.86. The van der Waals surface area contributed by atoms with Gasteiger partial charge in [0, 0.05) is 6.61 Å². The molecule has 5 rings (SSSR count). The Labute approximate surface area is 309 Å². The molecule has 0 bridgehead atoms. The van der Waals surface area contributed by atoms with Crippen molar-refractivity contribution in [1.82, 2.24) is 0 Å². The van der Waals surface area contributed by atoms with E-state index in [9.17, 15) is 4.79 Å². The van der Waals surface area contributed by atoms with E-state index < -0.39 is 28.3 Å². The standard InChI is InChI=1S/C44H58O5Si2/c1-42(2,3)48-40(45)33-39(49-51(44(7,8)9,36-27-18-12-19-28-36)37-29-20-13-21-30-37)41-38(47-41)31-22-32-46-50(43(4,5)6,34-23-14-10-15-24-34)35-25-16-11-17-26-35/h10-21,23-30,38-39,41H,22,31-33H2,1-9H3/t38-,39-,41+/m0/s1. The molecule has 7 heteroatoms. The van der Waals surface area contributed by atoms with E-state index in [2.05, 4.69) is 151 Å². The molecule has 1 aliphatic rings. The van der Waals surface area contributed by atoms with Gasteiger partial charge in [0.25, 0.3) is 16.6 Å². The van der Waals surface area contributed by atoms with Gasteiger partial charge in [-0.25, -0.2) is 0 Å². The van der Waals surface area contributed by atoms with Crippen LogP contribution in [0.1, 0.15) is 81.6 Å². The molecule has 0 N–H and O–H groups in total. The predicted octanol–water partition coefficient (Wildman–Crippen LogP) is 7.79. The number of rotatable bonds is 14. The number of epoxide rings is 1. The van der Waals surface area contributed by atoms with Crippen LogP contribution in [-0.4, -0.2) is 53.1 Å². The highest BCUT2D eigenvalue weighted by Crippen LogP contribution is 2.42. The fraction of sp³-hybridized carbons (Fsp3) is 0.432. The van der Waals surface area contributed by atoms with Gasteiger partial charge < -0.3 is 18.3 Å². The van der Waals surface area contributed by atoms with Gasteiger partial charge in [-0.3, -0.25) is 4.79 Å². The zero-order valence-electron chi connectivity index (χ0n) is 32.1. The smallest absolute Gasteiger partial charge is 0.308 e. The van der Waals surface area contributed by atoms with E-state index in [-0.39, 0.29) is 34.7 Å². The topological polar surface area (TPSA) is 57.3 Å². The van der Waals surface area contributed by atoms with Crippen molar-refractivity contribution in [1.29, 1.82) is 0 Å². The molecule has 5 nitrogen and oxygen atoms in total. The monoisotopic (exact) mass is 722 g/mol. The summed E-state index contributed by atoms with van der Waals surface area (Å²) in [5, 5.41) is 4.58. The van der Waals surface area contributed by atoms with Gasteiger partial charge in [-0.1, -0.05) is 163 Å². The number of esters is 1. The van der Waals surface area contributed by atoms with Crippen molar-refractivity contribution in [3.63, 3.8) is 0 Å². The second kappa shape index (κ2) is 15.7. The van der Waals surface area contributed by atoms with Crippen LogP contribution < -0.4 is 20.7 Å². The van der Waals surface area contributed by atoms with Gasteiger partial charge in [-0.2, -0.15) is 0 Å². The molecule has 0 aromatic heterocycles. The van der Waals surface area contributed by atoms with E-state index in [1.54, 1.807) is 0 Å². The first kappa shape index (κ1) is 38.9. The van der Waals surface area contributed by atoms with Crippen LogP contribution in [0.15, 0.2) is 121 Å². The first-order valence-corrected chi connectivity index (χ1v) is 22.3. The average molecular weight is 723 g/mol. The lowest BCUT2D eigenvalue weighted by Crippen LogP contribution is -2.68. The van der Waals surface area contributed by atoms with Crippen molar-refractivity contribution in [2.24, 2.45) is 0 Å². The summed E-state index contributed by atoms with van der Waals surface area (Å²) in [6.07, 6.45) is 1.07. The van der Waals surface area contributed by atoms with Gasteiger partial charge in [0.1, 0.15) is 11.7 Å². The summed E-state index contributed by atoms with van der Waals surface area (Å²) in [6, 6.07) is 42.7. The molecule has 272 valence electrons. The first-order chi connectivity index (χ1) is 24.1. The van der Waals surface area contributed by atoms with E-state index in [4.69, 9.17) is 18.3 Å². The maximum atomic E-state index is 13.5. The lowest BCUT2D eigenvalue weighted by Gasteiger charge is -2.45. The molecular formula is C44H58O5Si2. The highest BCUT2D eigenvalue weighted by Gasteiger charge is 2.56. The lowest BCUT2D eigenvalue weighted by atomic mass is 10.1. The van der Waals surface area contributed by atoms with E-state index in [0.29, 0.717) is 6.61 Å². The molecule has 3 atom stereocenters. The van der Waals surface area contributed by atoms with E-state index in [1.807, 2.05) is 32.9 Å². The van der Waals surface area contributed by atoms with Gasteiger partial charge in [-0.05, 0) is 64.4 Å². The van der Waals surface area contributed by atoms with Gasteiger partial charge in [0.15, 0.2) is 0 Å². The normalized spacial score (nSPS) is 17.5. The number of ether oxygens (including phenoxy) is 2. The highest BCUT2D eigenvalue weighted by atomic mass is 28.4. The minimum atomic E-state index is -2.96. The number of benzene rings is 4. The fourth-order valence-electron chi connectivity index (χ4n) is 7.68. The summed E-state index contributed by atoms with van der Waals surface area (Å²) in [6.45, 7) is 20.0. The zero-order valence-corrected chi connectivity index (χ0v) is 34.1. The van der Waals surface area contributed by atoms with Crippen molar-refractivity contribution in [2.45, 2.75) is 116 Å². The number of hydrogen-bond donors (Lipinski definition) is 0. The molecule has 1 fully saturated rings. The predicted molar refractivity (Wildman–Crippen MR) is 214 cm³/mol. The third-order valence-corrected chi connectivity index (χ3v) is 20.0. The van der Waals surface area contributed by atoms with Crippen molar-refractivity contribution in [2.75, 3.05) is 6.61 Å². The number of carbonyl (C=O) groups is 1. The molecule has 4 aromatic carbocycles. The van der Waals surface area contributed by atoms with Crippen LogP contribution in [-0.2, 0) is 23.1 Å². The third-order valence-electron chi connectivity index (χ3n) is 9.89. The molecule has 4 aromatic rings. The Kier molecular flexibility index (Phi) is 12.0. The Morgan fingerprint density at radius 1 is 0.627 bits per heavy atom. The molecule has 0 aliphatic carbocycles. The summed E-state index contributed by atoms with van der Waals surface area (Å²) in [5.74, 6) is -0.269. The molecule has 0 spiro atoms. The van der Waals surface area contributed by atoms with Crippen LogP contribution in [0, 0.1) is 0 Å². The van der Waals surface area contributed by atoms with Crippen LogP contribution >= 0.6 is 0 Å². The number of carbonyl (C=O) groups excluding carboxylic acids is 1. The maximum Gasteiger partial charge on any atom is 0.308 e. The SMILES string of the molecule is CC(C)(C)OC(=O)C[C@H](O[Si](c1ccccc1)(c1ccccc1)C(C)(C)C)[C@@H]1O[C@H]1CCCO[Si](c1ccccc1)(c1ccccc1)C(C)(C)C. The minimum Gasteiger partial charge on any atom is -0.460 e. The molecule has 0 saturated carbocycles. The third kappa shape index (κ3) is 8.83. The van der Waals surface area contributed by atoms with E-state index >= 15 is 0 Å². The molecule has 0 unspecified atom stereocenters. The van der Waals surface area contributed by atoms with Crippen molar-refractivity contribution in [3.8, 4) is 0 Å². The van der Waals surface area contributed by atoms with Crippen LogP contribution in [0.2, 0.25) is 10.1 Å². The quantitative estimate of drug-likeness (QED) is 0.0576. The Balaban J connectivity index is 1.40. The molecule has 0 radical (unpaired) electrons. The Bertz CT molecular complexity index is 1600. The largest absolute Gasteiger partial charge is 0.460 e. The minimum absolute atomic E-state index is 0.0293. The second-order valence-corrected chi connectivity index (χ2v) is 25.5. The maximum absolute atomic E-state index is 13.5. The van der Waals surface area contributed by atoms with E-state index in [1.165, 1.54) is 20.7 Å². The van der Waals surface area contributed by atoms with Crippen molar-refractivity contribution >= 4 is 43.4 Å².